The number of rotatable bonds is 4. The number of nitrogens with one attached hydrogen (secondary N) is 1. The van der Waals surface area contributed by atoms with Crippen LogP contribution >= 0.6 is 11.3 Å². The minimum atomic E-state index is -3.99. The van der Waals surface area contributed by atoms with Crippen LogP contribution in [0.3, 0.4) is 0 Å². The van der Waals surface area contributed by atoms with Crippen molar-refractivity contribution >= 4 is 26.3 Å². The molecule has 0 aliphatic heterocycles. The van der Waals surface area contributed by atoms with E-state index in [9.17, 15) is 13.2 Å². The Morgan fingerprint density at radius 3 is 2.78 bits per heavy atom. The van der Waals surface area contributed by atoms with Crippen molar-refractivity contribution in [3.63, 3.8) is 0 Å². The minimum Gasteiger partial charge on any atom is -0.267 e. The van der Waals surface area contributed by atoms with Crippen LogP contribution in [0.4, 0.5) is 0 Å². The van der Waals surface area contributed by atoms with Crippen molar-refractivity contribution in [1.82, 2.24) is 19.1 Å². The number of aryl methyl sites for hydroxylation is 2. The molecule has 0 unspecified atom stereocenters. The van der Waals surface area contributed by atoms with Crippen LogP contribution in [0.25, 0.3) is 4.96 Å². The van der Waals surface area contributed by atoms with Crippen LogP contribution in [0.2, 0.25) is 0 Å². The second kappa shape index (κ2) is 5.84. The lowest BCUT2D eigenvalue weighted by Crippen LogP contribution is -2.32. The molecule has 7 nitrogen and oxygen atoms in total. The number of hydrogen-bond donors (Lipinski definition) is 1. The highest BCUT2D eigenvalue weighted by molar-refractivity contribution is 7.89. The van der Waals surface area contributed by atoms with E-state index in [2.05, 4.69) is 14.7 Å². The monoisotopic (exact) mass is 350 g/mol. The highest BCUT2D eigenvalue weighted by Crippen LogP contribution is 2.16. The van der Waals surface area contributed by atoms with E-state index < -0.39 is 15.6 Å². The molecule has 120 valence electrons. The zero-order chi connectivity index (χ0) is 16.6. The van der Waals surface area contributed by atoms with Gasteiger partial charge in [-0.05, 0) is 26.0 Å². The van der Waals surface area contributed by atoms with Gasteiger partial charge in [0.2, 0.25) is 10.0 Å². The highest BCUT2D eigenvalue weighted by Gasteiger charge is 2.24. The first-order valence-electron chi connectivity index (χ1n) is 6.77. The molecule has 3 heterocycles. The number of sulfonamides is 1. The van der Waals surface area contributed by atoms with Gasteiger partial charge in [-0.2, -0.15) is 0 Å². The standard InChI is InChI=1S/C14H14N4O3S2/c1-9-8-22-14-17-10(2)12(13(19)18(9)14)23(20,21)16-7-11-5-3-4-6-15-11/h3-6,8,16H,7H2,1-2H3. The van der Waals surface area contributed by atoms with E-state index in [1.54, 1.807) is 36.7 Å². The summed E-state index contributed by atoms with van der Waals surface area (Å²) in [7, 11) is -3.99. The second-order valence-corrected chi connectivity index (χ2v) is 7.51. The van der Waals surface area contributed by atoms with E-state index in [1.807, 2.05) is 0 Å². The Balaban J connectivity index is 2.04. The van der Waals surface area contributed by atoms with Gasteiger partial charge in [-0.1, -0.05) is 6.07 Å². The van der Waals surface area contributed by atoms with E-state index in [0.717, 1.165) is 0 Å². The van der Waals surface area contributed by atoms with E-state index >= 15 is 0 Å². The molecule has 23 heavy (non-hydrogen) atoms. The predicted molar refractivity (Wildman–Crippen MR) is 87.1 cm³/mol. The molecule has 0 saturated carbocycles. The zero-order valence-corrected chi connectivity index (χ0v) is 14.1. The summed E-state index contributed by atoms with van der Waals surface area (Å²) < 4.78 is 28.8. The number of fused-ring (bicyclic) bond motifs is 1. The topological polar surface area (TPSA) is 93.4 Å². The molecule has 0 amide bonds. The quantitative estimate of drug-likeness (QED) is 0.764. The van der Waals surface area contributed by atoms with Gasteiger partial charge < -0.3 is 0 Å². The van der Waals surface area contributed by atoms with Gasteiger partial charge >= 0.3 is 0 Å². The van der Waals surface area contributed by atoms with Gasteiger partial charge in [0.05, 0.1) is 17.9 Å². The summed E-state index contributed by atoms with van der Waals surface area (Å²) in [4.78, 5) is 21.0. The third-order valence-electron chi connectivity index (χ3n) is 3.31. The second-order valence-electron chi connectivity index (χ2n) is 4.97. The van der Waals surface area contributed by atoms with E-state index in [1.165, 1.54) is 22.7 Å². The van der Waals surface area contributed by atoms with Crippen LogP contribution in [-0.4, -0.2) is 22.8 Å². The molecule has 0 bridgehead atoms. The van der Waals surface area contributed by atoms with E-state index in [-0.39, 0.29) is 17.1 Å². The Hall–Kier alpha value is -2.10. The summed E-state index contributed by atoms with van der Waals surface area (Å²) in [5.74, 6) is 0. The van der Waals surface area contributed by atoms with Crippen LogP contribution in [0.15, 0.2) is 39.5 Å². The fourth-order valence-corrected chi connectivity index (χ4v) is 4.36. The maximum absolute atomic E-state index is 12.6. The molecule has 0 spiro atoms. The Bertz CT molecular complexity index is 1020. The van der Waals surface area contributed by atoms with Crippen LogP contribution in [0.5, 0.6) is 0 Å². The van der Waals surface area contributed by atoms with Gasteiger partial charge in [-0.3, -0.25) is 14.2 Å². The van der Waals surface area contributed by atoms with Crippen molar-refractivity contribution in [3.05, 3.63) is 57.2 Å². The fourth-order valence-electron chi connectivity index (χ4n) is 2.22. The van der Waals surface area contributed by atoms with Crippen molar-refractivity contribution < 1.29 is 8.42 Å². The number of pyridine rings is 1. The summed E-state index contributed by atoms with van der Waals surface area (Å²) in [6.07, 6.45) is 1.58. The van der Waals surface area contributed by atoms with Crippen LogP contribution in [0, 0.1) is 13.8 Å². The number of aromatic nitrogens is 3. The molecule has 0 aromatic carbocycles. The number of nitrogens with zero attached hydrogens (tertiary/aromatic N) is 3. The highest BCUT2D eigenvalue weighted by atomic mass is 32.2. The normalized spacial score (nSPS) is 11.9. The first kappa shape index (κ1) is 15.8. The molecule has 0 aliphatic carbocycles. The number of thiazole rings is 1. The van der Waals surface area contributed by atoms with Gasteiger partial charge in [-0.15, -0.1) is 11.3 Å². The first-order chi connectivity index (χ1) is 10.9. The Labute approximate surface area is 136 Å². The van der Waals surface area contributed by atoms with Crippen molar-refractivity contribution in [2.75, 3.05) is 0 Å². The predicted octanol–water partition coefficient (Wildman–Crippen LogP) is 1.25. The molecule has 0 radical (unpaired) electrons. The molecule has 0 fully saturated rings. The summed E-state index contributed by atoms with van der Waals surface area (Å²) in [5.41, 5.74) is 0.823. The molecule has 9 heteroatoms. The van der Waals surface area contributed by atoms with Gasteiger partial charge in [0.1, 0.15) is 0 Å². The van der Waals surface area contributed by atoms with Gasteiger partial charge in [-0.25, -0.2) is 18.1 Å². The molecule has 3 rings (SSSR count). The maximum Gasteiger partial charge on any atom is 0.279 e. The van der Waals surface area contributed by atoms with Crippen LogP contribution in [0.1, 0.15) is 17.1 Å². The van der Waals surface area contributed by atoms with Gasteiger partial charge in [0.15, 0.2) is 9.86 Å². The molecule has 0 aliphatic rings. The Morgan fingerprint density at radius 1 is 1.30 bits per heavy atom. The largest absolute Gasteiger partial charge is 0.279 e. The Kier molecular flexibility index (Phi) is 4.00. The van der Waals surface area contributed by atoms with Crippen LogP contribution < -0.4 is 10.3 Å². The molecule has 1 N–H and O–H groups in total. The van der Waals surface area contributed by atoms with Crippen molar-refractivity contribution in [2.45, 2.75) is 25.3 Å². The lowest BCUT2D eigenvalue weighted by Gasteiger charge is -2.09. The summed E-state index contributed by atoms with van der Waals surface area (Å²) >= 11 is 1.30. The van der Waals surface area contributed by atoms with Gasteiger partial charge in [0.25, 0.3) is 5.56 Å². The lowest BCUT2D eigenvalue weighted by atomic mass is 10.4. The molecule has 0 atom stereocenters. The van der Waals surface area contributed by atoms with Crippen molar-refractivity contribution in [1.29, 1.82) is 0 Å². The summed E-state index contributed by atoms with van der Waals surface area (Å²) in [6.45, 7) is 3.26. The third-order valence-corrected chi connectivity index (χ3v) is 5.78. The molecule has 0 saturated heterocycles. The molecule has 3 aromatic rings. The maximum atomic E-state index is 12.6. The average molecular weight is 350 g/mol. The number of hydrogen-bond acceptors (Lipinski definition) is 6. The van der Waals surface area contributed by atoms with Gasteiger partial charge in [0, 0.05) is 17.3 Å². The van der Waals surface area contributed by atoms with E-state index in [0.29, 0.717) is 16.3 Å². The first-order valence-corrected chi connectivity index (χ1v) is 9.13. The van der Waals surface area contributed by atoms with E-state index in [4.69, 9.17) is 0 Å². The summed E-state index contributed by atoms with van der Waals surface area (Å²) in [5, 5.41) is 1.76. The van der Waals surface area contributed by atoms with Crippen molar-refractivity contribution in [3.8, 4) is 0 Å². The summed E-state index contributed by atoms with van der Waals surface area (Å²) in [6, 6.07) is 5.21. The molecular weight excluding hydrogens is 336 g/mol. The Morgan fingerprint density at radius 2 is 2.09 bits per heavy atom. The van der Waals surface area contributed by atoms with Crippen molar-refractivity contribution in [2.24, 2.45) is 0 Å². The van der Waals surface area contributed by atoms with Crippen LogP contribution in [-0.2, 0) is 16.6 Å². The minimum absolute atomic E-state index is 0.00732. The molecular formula is C14H14N4O3S2. The fraction of sp³-hybridized carbons (Fsp3) is 0.214. The smallest absolute Gasteiger partial charge is 0.267 e. The average Bonchev–Trinajstić information content (AvgIpc) is 2.87. The molecule has 3 aromatic heterocycles. The zero-order valence-electron chi connectivity index (χ0n) is 12.5. The lowest BCUT2D eigenvalue weighted by molar-refractivity contribution is 0.577. The third kappa shape index (κ3) is 2.90. The SMILES string of the molecule is Cc1nc2scc(C)n2c(=O)c1S(=O)(=O)NCc1ccccn1.